The highest BCUT2D eigenvalue weighted by atomic mass is 32.1. The molecule has 2 aromatic heterocycles. The molecule has 0 unspecified atom stereocenters. The summed E-state index contributed by atoms with van der Waals surface area (Å²) in [4.78, 5) is 42.9. The number of carbonyl (C=O) groups is 3. The quantitative estimate of drug-likeness (QED) is 0.618. The number of aryl methyl sites for hydroxylation is 1. The maximum absolute atomic E-state index is 13.3. The van der Waals surface area contributed by atoms with Crippen LogP contribution >= 0.6 is 11.3 Å². The number of ether oxygens (including phenoxy) is 1. The summed E-state index contributed by atoms with van der Waals surface area (Å²) in [6, 6.07) is 3.70. The lowest BCUT2D eigenvalue weighted by Crippen LogP contribution is -2.44. The van der Waals surface area contributed by atoms with E-state index in [4.69, 9.17) is 4.74 Å². The molecule has 1 N–H and O–H groups in total. The van der Waals surface area contributed by atoms with Gasteiger partial charge in [-0.2, -0.15) is 5.10 Å². The average molecular weight is 474 g/mol. The van der Waals surface area contributed by atoms with Crippen LogP contribution in [-0.4, -0.2) is 77.2 Å². The second kappa shape index (κ2) is 10.5. The Bertz CT molecular complexity index is 995. The SMILES string of the molecule is COCCCNC(=O)C1CCN(C(=O)c2nn(C)c3c2CN(C(=O)c2cccs2)CC3)CC1. The Labute approximate surface area is 197 Å². The van der Waals surface area contributed by atoms with Crippen LogP contribution in [0.15, 0.2) is 17.5 Å². The fourth-order valence-corrected chi connectivity index (χ4v) is 5.25. The third-order valence-electron chi connectivity index (χ3n) is 6.44. The molecule has 0 atom stereocenters. The van der Waals surface area contributed by atoms with Crippen molar-refractivity contribution in [2.45, 2.75) is 32.2 Å². The summed E-state index contributed by atoms with van der Waals surface area (Å²) in [6.07, 6.45) is 2.74. The van der Waals surface area contributed by atoms with Crippen LogP contribution in [0.25, 0.3) is 0 Å². The summed E-state index contributed by atoms with van der Waals surface area (Å²) in [6.45, 7) is 3.28. The molecule has 9 nitrogen and oxygen atoms in total. The zero-order valence-electron chi connectivity index (χ0n) is 19.2. The van der Waals surface area contributed by atoms with E-state index >= 15 is 0 Å². The van der Waals surface area contributed by atoms with Crippen LogP contribution in [0.2, 0.25) is 0 Å². The van der Waals surface area contributed by atoms with Crippen molar-refractivity contribution in [2.24, 2.45) is 13.0 Å². The van der Waals surface area contributed by atoms with Crippen molar-refractivity contribution >= 4 is 29.1 Å². The van der Waals surface area contributed by atoms with Gasteiger partial charge in [0.2, 0.25) is 5.91 Å². The van der Waals surface area contributed by atoms with Crippen LogP contribution in [0.3, 0.4) is 0 Å². The third kappa shape index (κ3) is 5.11. The molecule has 0 aliphatic carbocycles. The molecular weight excluding hydrogens is 442 g/mol. The molecule has 10 heteroatoms. The molecule has 2 aromatic rings. The molecule has 178 valence electrons. The maximum Gasteiger partial charge on any atom is 0.274 e. The van der Waals surface area contributed by atoms with Crippen molar-refractivity contribution in [1.82, 2.24) is 24.9 Å². The fraction of sp³-hybridized carbons (Fsp3) is 0.565. The van der Waals surface area contributed by atoms with E-state index in [9.17, 15) is 14.4 Å². The lowest BCUT2D eigenvalue weighted by atomic mass is 9.95. The van der Waals surface area contributed by atoms with E-state index in [1.54, 1.807) is 21.6 Å². The van der Waals surface area contributed by atoms with Gasteiger partial charge in [-0.1, -0.05) is 6.07 Å². The molecule has 0 bridgehead atoms. The van der Waals surface area contributed by atoms with Gasteiger partial charge in [-0.05, 0) is 30.7 Å². The molecule has 2 aliphatic heterocycles. The van der Waals surface area contributed by atoms with Gasteiger partial charge in [-0.25, -0.2) is 0 Å². The van der Waals surface area contributed by atoms with E-state index < -0.39 is 0 Å². The van der Waals surface area contributed by atoms with Crippen LogP contribution in [0.1, 0.15) is 50.7 Å². The summed E-state index contributed by atoms with van der Waals surface area (Å²) < 4.78 is 6.78. The summed E-state index contributed by atoms with van der Waals surface area (Å²) in [7, 11) is 3.50. The number of thiophene rings is 1. The Hall–Kier alpha value is -2.72. The van der Waals surface area contributed by atoms with E-state index in [-0.39, 0.29) is 23.6 Å². The van der Waals surface area contributed by atoms with Crippen LogP contribution in [0.4, 0.5) is 0 Å². The Kier molecular flexibility index (Phi) is 7.44. The predicted molar refractivity (Wildman–Crippen MR) is 124 cm³/mol. The number of methoxy groups -OCH3 is 1. The molecule has 1 saturated heterocycles. The first kappa shape index (κ1) is 23.4. The van der Waals surface area contributed by atoms with Gasteiger partial charge in [-0.3, -0.25) is 19.1 Å². The Balaban J connectivity index is 1.38. The van der Waals surface area contributed by atoms with Gasteiger partial charge in [0.1, 0.15) is 0 Å². The highest BCUT2D eigenvalue weighted by molar-refractivity contribution is 7.12. The van der Waals surface area contributed by atoms with Gasteiger partial charge in [-0.15, -0.1) is 11.3 Å². The van der Waals surface area contributed by atoms with Crippen molar-refractivity contribution < 1.29 is 19.1 Å². The molecule has 2 aliphatic rings. The fourth-order valence-electron chi connectivity index (χ4n) is 4.56. The van der Waals surface area contributed by atoms with Gasteiger partial charge < -0.3 is 19.9 Å². The summed E-state index contributed by atoms with van der Waals surface area (Å²) in [5, 5.41) is 9.39. The molecule has 3 amide bonds. The summed E-state index contributed by atoms with van der Waals surface area (Å²) in [5.41, 5.74) is 2.29. The first-order valence-corrected chi connectivity index (χ1v) is 12.3. The normalized spacial score (nSPS) is 16.5. The van der Waals surface area contributed by atoms with Crippen LogP contribution in [0.5, 0.6) is 0 Å². The number of hydrogen-bond donors (Lipinski definition) is 1. The maximum atomic E-state index is 13.3. The largest absolute Gasteiger partial charge is 0.385 e. The van der Waals surface area contributed by atoms with Crippen molar-refractivity contribution in [1.29, 1.82) is 0 Å². The number of rotatable bonds is 7. The topological polar surface area (TPSA) is 96.8 Å². The van der Waals surface area contributed by atoms with Gasteiger partial charge in [0.15, 0.2) is 5.69 Å². The third-order valence-corrected chi connectivity index (χ3v) is 7.30. The van der Waals surface area contributed by atoms with E-state index in [0.29, 0.717) is 69.2 Å². The second-order valence-electron chi connectivity index (χ2n) is 8.56. The van der Waals surface area contributed by atoms with Crippen LogP contribution in [0, 0.1) is 5.92 Å². The number of fused-ring (bicyclic) bond motifs is 1. The Morgan fingerprint density at radius 2 is 1.97 bits per heavy atom. The summed E-state index contributed by atoms with van der Waals surface area (Å²) >= 11 is 1.43. The van der Waals surface area contributed by atoms with Crippen molar-refractivity contribution in [3.05, 3.63) is 39.3 Å². The minimum absolute atomic E-state index is 0.00442. The van der Waals surface area contributed by atoms with E-state index in [1.165, 1.54) is 11.3 Å². The van der Waals surface area contributed by atoms with Gasteiger partial charge >= 0.3 is 0 Å². The molecule has 0 spiro atoms. The zero-order valence-corrected chi connectivity index (χ0v) is 20.0. The van der Waals surface area contributed by atoms with E-state index in [0.717, 1.165) is 17.7 Å². The van der Waals surface area contributed by atoms with Crippen molar-refractivity contribution in [2.75, 3.05) is 39.9 Å². The minimum atomic E-state index is -0.115. The highest BCUT2D eigenvalue weighted by Crippen LogP contribution is 2.27. The standard InChI is InChI=1S/C23H31N5O4S/c1-26-18-8-12-28(22(30)19-5-3-14-33-19)15-17(18)20(25-26)23(31)27-10-6-16(7-11-27)21(29)24-9-4-13-32-2/h3,5,14,16H,4,6-13,15H2,1-2H3,(H,24,29). The lowest BCUT2D eigenvalue weighted by molar-refractivity contribution is -0.126. The number of carbonyl (C=O) groups excluding carboxylic acids is 3. The van der Waals surface area contributed by atoms with E-state index in [1.807, 2.05) is 24.6 Å². The molecular formula is C23H31N5O4S. The smallest absolute Gasteiger partial charge is 0.274 e. The van der Waals surface area contributed by atoms with Crippen LogP contribution < -0.4 is 5.32 Å². The average Bonchev–Trinajstić information content (AvgIpc) is 3.49. The number of nitrogens with zero attached hydrogens (tertiary/aromatic N) is 4. The Morgan fingerprint density at radius 3 is 2.67 bits per heavy atom. The molecule has 0 aromatic carbocycles. The molecule has 4 rings (SSSR count). The lowest BCUT2D eigenvalue weighted by Gasteiger charge is -2.32. The number of amides is 3. The highest BCUT2D eigenvalue weighted by Gasteiger charge is 2.34. The van der Waals surface area contributed by atoms with Crippen molar-refractivity contribution in [3.63, 3.8) is 0 Å². The van der Waals surface area contributed by atoms with Gasteiger partial charge in [0.25, 0.3) is 11.8 Å². The van der Waals surface area contributed by atoms with E-state index in [2.05, 4.69) is 10.4 Å². The first-order valence-electron chi connectivity index (χ1n) is 11.4. The Morgan fingerprint density at radius 1 is 1.18 bits per heavy atom. The molecule has 33 heavy (non-hydrogen) atoms. The van der Waals surface area contributed by atoms with Crippen LogP contribution in [-0.2, 0) is 29.5 Å². The number of nitrogens with one attached hydrogen (secondary N) is 1. The molecule has 1 fully saturated rings. The summed E-state index contributed by atoms with van der Waals surface area (Å²) in [5.74, 6) is -0.143. The predicted octanol–water partition coefficient (Wildman–Crippen LogP) is 1.69. The molecule has 4 heterocycles. The number of hydrogen-bond acceptors (Lipinski definition) is 6. The molecule has 0 saturated carbocycles. The second-order valence-corrected chi connectivity index (χ2v) is 9.50. The van der Waals surface area contributed by atoms with Gasteiger partial charge in [0.05, 0.1) is 11.4 Å². The number of piperidine rings is 1. The molecule has 0 radical (unpaired) electrons. The number of aromatic nitrogens is 2. The zero-order chi connectivity index (χ0) is 23.4. The monoisotopic (exact) mass is 473 g/mol. The van der Waals surface area contributed by atoms with Crippen molar-refractivity contribution in [3.8, 4) is 0 Å². The van der Waals surface area contributed by atoms with Gasteiger partial charge in [0, 0.05) is 70.5 Å². The number of likely N-dealkylation sites (tertiary alicyclic amines) is 1. The minimum Gasteiger partial charge on any atom is -0.385 e. The first-order chi connectivity index (χ1) is 16.0.